The first-order valence-corrected chi connectivity index (χ1v) is 9.65. The van der Waals surface area contributed by atoms with Gasteiger partial charge >= 0.3 is 0 Å². The van der Waals surface area contributed by atoms with Gasteiger partial charge in [0.1, 0.15) is 23.8 Å². The minimum atomic E-state index is -2.54. The van der Waals surface area contributed by atoms with E-state index in [4.69, 9.17) is 16.3 Å². The van der Waals surface area contributed by atoms with Crippen LogP contribution in [0, 0.1) is 11.7 Å². The Balaban J connectivity index is 1.32. The lowest BCUT2D eigenvalue weighted by atomic mass is 9.80. The second-order valence-electron chi connectivity index (χ2n) is 6.99. The first-order chi connectivity index (χ1) is 14.3. The van der Waals surface area contributed by atoms with Crippen molar-refractivity contribution in [3.05, 3.63) is 47.0 Å². The second-order valence-corrected chi connectivity index (χ2v) is 7.40. The quantitative estimate of drug-likeness (QED) is 0.622. The highest BCUT2D eigenvalue weighted by Gasteiger charge is 2.30. The fourth-order valence-corrected chi connectivity index (χ4v) is 3.18. The van der Waals surface area contributed by atoms with Crippen molar-refractivity contribution in [1.82, 2.24) is 20.4 Å². The van der Waals surface area contributed by atoms with Crippen LogP contribution in [-0.2, 0) is 11.3 Å². The molecule has 0 spiro atoms. The van der Waals surface area contributed by atoms with Crippen LogP contribution >= 0.6 is 11.6 Å². The van der Waals surface area contributed by atoms with Gasteiger partial charge in [-0.3, -0.25) is 14.3 Å². The third kappa shape index (κ3) is 6.12. The summed E-state index contributed by atoms with van der Waals surface area (Å²) in [5.41, 5.74) is 0.0793. The van der Waals surface area contributed by atoms with E-state index in [-0.39, 0.29) is 40.9 Å². The number of halogens is 4. The largest absolute Gasteiger partial charge is 0.484 e. The summed E-state index contributed by atoms with van der Waals surface area (Å²) in [4.78, 5) is 23.9. The predicted molar refractivity (Wildman–Crippen MR) is 102 cm³/mol. The van der Waals surface area contributed by atoms with Crippen molar-refractivity contribution in [2.45, 2.75) is 31.9 Å². The van der Waals surface area contributed by atoms with E-state index in [1.54, 1.807) is 0 Å². The summed E-state index contributed by atoms with van der Waals surface area (Å²) in [6, 6.07) is 5.27. The highest BCUT2D eigenvalue weighted by atomic mass is 35.5. The molecule has 2 aromatic rings. The molecule has 0 aliphatic heterocycles. The number of alkyl halides is 2. The number of carbonyl (C=O) groups is 2. The molecule has 0 atom stereocenters. The van der Waals surface area contributed by atoms with Crippen molar-refractivity contribution in [2.75, 3.05) is 13.2 Å². The van der Waals surface area contributed by atoms with Gasteiger partial charge < -0.3 is 15.4 Å². The van der Waals surface area contributed by atoms with Gasteiger partial charge in [-0.2, -0.15) is 5.10 Å². The number of ether oxygens (including phenoxy) is 1. The molecule has 1 fully saturated rings. The molecule has 1 aliphatic rings. The van der Waals surface area contributed by atoms with Crippen LogP contribution in [0.2, 0.25) is 5.02 Å². The summed E-state index contributed by atoms with van der Waals surface area (Å²) in [6.07, 6.45) is 0.153. The summed E-state index contributed by atoms with van der Waals surface area (Å²) in [5.74, 6) is -0.994. The zero-order valence-electron chi connectivity index (χ0n) is 15.8. The maximum Gasteiger partial charge on any atom is 0.271 e. The van der Waals surface area contributed by atoms with E-state index in [0.29, 0.717) is 19.4 Å². The number of nitrogens with zero attached hydrogens (tertiary/aromatic N) is 2. The molecule has 2 N–H and O–H groups in total. The van der Waals surface area contributed by atoms with Gasteiger partial charge in [-0.1, -0.05) is 11.6 Å². The number of benzene rings is 1. The molecule has 7 nitrogen and oxygen atoms in total. The third-order valence-corrected chi connectivity index (χ3v) is 4.92. The number of amides is 2. The predicted octanol–water partition coefficient (Wildman–Crippen LogP) is 2.64. The van der Waals surface area contributed by atoms with Crippen LogP contribution in [0.3, 0.4) is 0 Å². The molecule has 1 heterocycles. The Morgan fingerprint density at radius 1 is 1.30 bits per heavy atom. The zero-order valence-corrected chi connectivity index (χ0v) is 16.5. The number of hydrogen-bond donors (Lipinski definition) is 2. The van der Waals surface area contributed by atoms with E-state index >= 15 is 0 Å². The Kier molecular flexibility index (Phi) is 7.20. The summed E-state index contributed by atoms with van der Waals surface area (Å²) >= 11 is 5.58. The van der Waals surface area contributed by atoms with Crippen molar-refractivity contribution >= 4 is 23.4 Å². The third-order valence-electron chi connectivity index (χ3n) is 4.61. The van der Waals surface area contributed by atoms with E-state index in [2.05, 4.69) is 15.7 Å². The Bertz CT molecular complexity index is 903. The lowest BCUT2D eigenvalue weighted by Gasteiger charge is -2.35. The molecular weight excluding hydrogens is 425 g/mol. The molecule has 0 unspecified atom stereocenters. The monoisotopic (exact) mass is 444 g/mol. The van der Waals surface area contributed by atoms with E-state index < -0.39 is 24.7 Å². The molecular formula is C19H20ClF3N4O3. The molecule has 1 aliphatic carbocycles. The number of rotatable bonds is 9. The van der Waals surface area contributed by atoms with Gasteiger partial charge in [0.05, 0.1) is 5.02 Å². The van der Waals surface area contributed by atoms with Crippen LogP contribution < -0.4 is 15.4 Å². The number of nitrogens with one attached hydrogen (secondary N) is 2. The molecule has 1 aromatic heterocycles. The van der Waals surface area contributed by atoms with E-state index in [0.717, 1.165) is 10.7 Å². The van der Waals surface area contributed by atoms with Crippen LogP contribution in [0.4, 0.5) is 13.2 Å². The minimum absolute atomic E-state index is 0.0269. The van der Waals surface area contributed by atoms with E-state index in [9.17, 15) is 22.8 Å². The summed E-state index contributed by atoms with van der Waals surface area (Å²) < 4.78 is 44.2. The van der Waals surface area contributed by atoms with Crippen LogP contribution in [0.25, 0.3) is 0 Å². The second kappa shape index (κ2) is 9.84. The average Bonchev–Trinajstić information content (AvgIpc) is 3.12. The van der Waals surface area contributed by atoms with Crippen molar-refractivity contribution in [3.8, 4) is 5.75 Å². The Labute approximate surface area is 175 Å². The van der Waals surface area contributed by atoms with Crippen molar-refractivity contribution in [2.24, 2.45) is 5.92 Å². The van der Waals surface area contributed by atoms with Crippen LogP contribution in [0.5, 0.6) is 5.75 Å². The van der Waals surface area contributed by atoms with Gasteiger partial charge in [-0.05, 0) is 37.0 Å². The van der Waals surface area contributed by atoms with Crippen molar-refractivity contribution in [3.63, 3.8) is 0 Å². The van der Waals surface area contributed by atoms with Gasteiger partial charge in [0.2, 0.25) is 0 Å². The van der Waals surface area contributed by atoms with E-state index in [1.165, 1.54) is 24.4 Å². The molecule has 2 amide bonds. The average molecular weight is 445 g/mol. The normalized spacial score (nSPS) is 18.0. The maximum atomic E-state index is 13.3. The minimum Gasteiger partial charge on any atom is -0.484 e. The SMILES string of the molecule is O=C(COc1ccc(Cl)c(F)c1)NC1CC(CNC(=O)c2ccn(CC(F)F)n2)C1. The van der Waals surface area contributed by atoms with Gasteiger partial charge in [0.15, 0.2) is 6.61 Å². The first kappa shape index (κ1) is 21.9. The van der Waals surface area contributed by atoms with Gasteiger partial charge in [0.25, 0.3) is 18.2 Å². The molecule has 3 rings (SSSR count). The summed E-state index contributed by atoms with van der Waals surface area (Å²) in [7, 11) is 0. The maximum absolute atomic E-state index is 13.3. The fraction of sp³-hybridized carbons (Fsp3) is 0.421. The molecule has 162 valence electrons. The molecule has 0 radical (unpaired) electrons. The number of hydrogen-bond acceptors (Lipinski definition) is 4. The summed E-state index contributed by atoms with van der Waals surface area (Å²) in [5, 5.41) is 9.29. The van der Waals surface area contributed by atoms with E-state index in [1.807, 2.05) is 0 Å². The number of aromatic nitrogens is 2. The van der Waals surface area contributed by atoms with Gasteiger partial charge in [0, 0.05) is 24.8 Å². The molecule has 30 heavy (non-hydrogen) atoms. The molecule has 1 saturated carbocycles. The zero-order chi connectivity index (χ0) is 21.7. The van der Waals surface area contributed by atoms with Crippen LogP contribution in [0.15, 0.2) is 30.5 Å². The van der Waals surface area contributed by atoms with Crippen molar-refractivity contribution in [1.29, 1.82) is 0 Å². The Hall–Kier alpha value is -2.75. The first-order valence-electron chi connectivity index (χ1n) is 9.27. The Morgan fingerprint density at radius 3 is 2.77 bits per heavy atom. The molecule has 0 saturated heterocycles. The topological polar surface area (TPSA) is 85.3 Å². The standard InChI is InChI=1S/C19H20ClF3N4O3/c20-14-2-1-13(7-15(14)21)30-10-18(28)25-12-5-11(6-12)8-24-19(29)16-3-4-27(26-16)9-17(22)23/h1-4,7,11-12,17H,5-6,8-10H2,(H,24,29)(H,25,28). The highest BCUT2D eigenvalue weighted by molar-refractivity contribution is 6.30. The lowest BCUT2D eigenvalue weighted by Crippen LogP contribution is -2.48. The Morgan fingerprint density at radius 2 is 2.07 bits per heavy atom. The molecule has 11 heteroatoms. The fourth-order valence-electron chi connectivity index (χ4n) is 3.06. The molecule has 0 bridgehead atoms. The van der Waals surface area contributed by atoms with Crippen LogP contribution in [0.1, 0.15) is 23.3 Å². The van der Waals surface area contributed by atoms with Gasteiger partial charge in [-0.15, -0.1) is 0 Å². The van der Waals surface area contributed by atoms with Crippen molar-refractivity contribution < 1.29 is 27.5 Å². The lowest BCUT2D eigenvalue weighted by molar-refractivity contribution is -0.124. The van der Waals surface area contributed by atoms with Crippen LogP contribution in [-0.4, -0.2) is 47.2 Å². The number of carbonyl (C=O) groups excluding carboxylic acids is 2. The van der Waals surface area contributed by atoms with Gasteiger partial charge in [-0.25, -0.2) is 13.2 Å². The smallest absolute Gasteiger partial charge is 0.271 e. The molecule has 1 aromatic carbocycles. The highest BCUT2D eigenvalue weighted by Crippen LogP contribution is 2.26. The summed E-state index contributed by atoms with van der Waals surface area (Å²) in [6.45, 7) is -0.415.